The summed E-state index contributed by atoms with van der Waals surface area (Å²) in [7, 11) is 0. The molecule has 0 aliphatic carbocycles. The van der Waals surface area contributed by atoms with Gasteiger partial charge in [0.25, 0.3) is 5.56 Å². The maximum absolute atomic E-state index is 12.9. The van der Waals surface area contributed by atoms with E-state index in [9.17, 15) is 9.59 Å². The fourth-order valence-electron chi connectivity index (χ4n) is 3.50. The van der Waals surface area contributed by atoms with Gasteiger partial charge in [0.05, 0.1) is 0 Å². The van der Waals surface area contributed by atoms with Crippen LogP contribution in [-0.2, 0) is 11.3 Å². The highest BCUT2D eigenvalue weighted by Crippen LogP contribution is 2.27. The van der Waals surface area contributed by atoms with Gasteiger partial charge in [-0.25, -0.2) is 4.98 Å². The molecule has 0 spiro atoms. The molecule has 1 aliphatic rings. The van der Waals surface area contributed by atoms with E-state index in [-0.39, 0.29) is 18.0 Å². The Balaban J connectivity index is 1.51. The number of piperidine rings is 1. The Morgan fingerprint density at radius 3 is 2.79 bits per heavy atom. The molecule has 3 aromatic rings. The van der Waals surface area contributed by atoms with Crippen LogP contribution in [0.15, 0.2) is 35.4 Å². The van der Waals surface area contributed by atoms with Crippen LogP contribution >= 0.6 is 11.3 Å². The highest BCUT2D eigenvalue weighted by atomic mass is 32.1. The third kappa shape index (κ3) is 4.32. The van der Waals surface area contributed by atoms with Crippen LogP contribution in [0.5, 0.6) is 0 Å². The second-order valence-electron chi connectivity index (χ2n) is 7.70. The SMILES string of the molecule is CC(C)c1cccc(NC(=O)Cn2cnc3nc(N4CCCCC4)sc3c2=O)c1. The molecule has 8 heteroatoms. The van der Waals surface area contributed by atoms with Crippen molar-refractivity contribution in [1.82, 2.24) is 14.5 Å². The molecular weight excluding hydrogens is 386 g/mol. The quantitative estimate of drug-likeness (QED) is 0.694. The molecule has 29 heavy (non-hydrogen) atoms. The molecule has 3 heterocycles. The van der Waals surface area contributed by atoms with Crippen molar-refractivity contribution < 1.29 is 4.79 Å². The van der Waals surface area contributed by atoms with Crippen molar-refractivity contribution in [3.8, 4) is 0 Å². The van der Waals surface area contributed by atoms with E-state index < -0.39 is 0 Å². The van der Waals surface area contributed by atoms with Gasteiger partial charge in [0.1, 0.15) is 17.6 Å². The van der Waals surface area contributed by atoms with E-state index in [1.54, 1.807) is 0 Å². The Morgan fingerprint density at radius 1 is 1.24 bits per heavy atom. The van der Waals surface area contributed by atoms with Gasteiger partial charge in [-0.15, -0.1) is 0 Å². The molecule has 1 aliphatic heterocycles. The largest absolute Gasteiger partial charge is 0.348 e. The normalized spacial score (nSPS) is 14.5. The summed E-state index contributed by atoms with van der Waals surface area (Å²) < 4.78 is 1.85. The van der Waals surface area contributed by atoms with Crippen LogP contribution in [0.1, 0.15) is 44.6 Å². The number of carbonyl (C=O) groups is 1. The summed E-state index contributed by atoms with van der Waals surface area (Å²) in [5.74, 6) is 0.122. The van der Waals surface area contributed by atoms with E-state index in [0.29, 0.717) is 16.3 Å². The second-order valence-corrected chi connectivity index (χ2v) is 8.68. The third-order valence-electron chi connectivity index (χ3n) is 5.15. The first-order valence-corrected chi connectivity index (χ1v) is 10.8. The summed E-state index contributed by atoms with van der Waals surface area (Å²) in [6.45, 7) is 6.06. The Hall–Kier alpha value is -2.74. The molecule has 7 nitrogen and oxygen atoms in total. The van der Waals surface area contributed by atoms with Gasteiger partial charge in [-0.3, -0.25) is 14.2 Å². The minimum absolute atomic E-state index is 0.0787. The number of fused-ring (bicyclic) bond motifs is 1. The Labute approximate surface area is 173 Å². The zero-order valence-electron chi connectivity index (χ0n) is 16.7. The van der Waals surface area contributed by atoms with Gasteiger partial charge in [-0.2, -0.15) is 4.98 Å². The lowest BCUT2D eigenvalue weighted by Crippen LogP contribution is -2.29. The average molecular weight is 412 g/mol. The molecule has 0 radical (unpaired) electrons. The van der Waals surface area contributed by atoms with Crippen molar-refractivity contribution in [2.45, 2.75) is 45.6 Å². The number of thiazole rings is 1. The fourth-order valence-corrected chi connectivity index (χ4v) is 4.52. The lowest BCUT2D eigenvalue weighted by Gasteiger charge is -2.25. The topological polar surface area (TPSA) is 80.1 Å². The summed E-state index contributed by atoms with van der Waals surface area (Å²) in [5.41, 5.74) is 2.12. The Bertz CT molecular complexity index is 1080. The number of hydrogen-bond donors (Lipinski definition) is 1. The van der Waals surface area contributed by atoms with E-state index in [1.807, 2.05) is 24.3 Å². The first-order chi connectivity index (χ1) is 14.0. The molecule has 0 saturated carbocycles. The van der Waals surface area contributed by atoms with Gasteiger partial charge in [0.2, 0.25) is 5.91 Å². The number of amides is 1. The van der Waals surface area contributed by atoms with Crippen molar-refractivity contribution in [3.63, 3.8) is 0 Å². The number of hydrogen-bond acceptors (Lipinski definition) is 6. The maximum atomic E-state index is 12.9. The van der Waals surface area contributed by atoms with Crippen LogP contribution in [0.2, 0.25) is 0 Å². The van der Waals surface area contributed by atoms with Gasteiger partial charge < -0.3 is 10.2 Å². The average Bonchev–Trinajstić information content (AvgIpc) is 3.16. The monoisotopic (exact) mass is 411 g/mol. The van der Waals surface area contributed by atoms with Crippen LogP contribution in [-0.4, -0.2) is 33.5 Å². The standard InChI is InChI=1S/C21H25N5O2S/c1-14(2)15-7-6-8-16(11-15)23-17(27)12-26-13-22-19-18(20(26)28)29-21(24-19)25-9-4-3-5-10-25/h6-8,11,13-14H,3-5,9-10,12H2,1-2H3,(H,23,27). The summed E-state index contributed by atoms with van der Waals surface area (Å²) in [6.07, 6.45) is 4.94. The van der Waals surface area contributed by atoms with Gasteiger partial charge in [0.15, 0.2) is 10.8 Å². The van der Waals surface area contributed by atoms with E-state index in [1.165, 1.54) is 28.7 Å². The summed E-state index contributed by atoms with van der Waals surface area (Å²) in [6, 6.07) is 7.76. The van der Waals surface area contributed by atoms with Crippen molar-refractivity contribution in [1.29, 1.82) is 0 Å². The van der Waals surface area contributed by atoms with Crippen LogP contribution in [0.3, 0.4) is 0 Å². The van der Waals surface area contributed by atoms with Gasteiger partial charge in [0, 0.05) is 18.8 Å². The minimum atomic E-state index is -0.255. The second kappa shape index (κ2) is 8.32. The predicted molar refractivity (Wildman–Crippen MR) is 117 cm³/mol. The first kappa shape index (κ1) is 19.6. The smallest absolute Gasteiger partial charge is 0.273 e. The molecule has 1 amide bonds. The number of nitrogens with one attached hydrogen (secondary N) is 1. The van der Waals surface area contributed by atoms with Crippen LogP contribution < -0.4 is 15.8 Å². The van der Waals surface area contributed by atoms with Crippen LogP contribution in [0.25, 0.3) is 10.3 Å². The molecule has 0 unspecified atom stereocenters. The summed E-state index contributed by atoms with van der Waals surface area (Å²) in [5, 5.41) is 3.72. The van der Waals surface area contributed by atoms with E-state index in [2.05, 4.69) is 34.0 Å². The highest BCUT2D eigenvalue weighted by Gasteiger charge is 2.18. The number of rotatable bonds is 5. The summed E-state index contributed by atoms with van der Waals surface area (Å²) in [4.78, 5) is 36.4. The first-order valence-electron chi connectivity index (χ1n) is 10.0. The van der Waals surface area contributed by atoms with Crippen LogP contribution in [0.4, 0.5) is 10.8 Å². The van der Waals surface area contributed by atoms with Gasteiger partial charge in [-0.1, -0.05) is 37.3 Å². The zero-order chi connectivity index (χ0) is 20.4. The molecule has 152 valence electrons. The predicted octanol–water partition coefficient (Wildman–Crippen LogP) is 3.61. The Morgan fingerprint density at radius 2 is 2.03 bits per heavy atom. The van der Waals surface area contributed by atoms with Gasteiger partial charge in [-0.05, 0) is 42.9 Å². The van der Waals surface area contributed by atoms with E-state index >= 15 is 0 Å². The van der Waals surface area contributed by atoms with Crippen molar-refractivity contribution in [3.05, 3.63) is 46.5 Å². The molecule has 1 N–H and O–H groups in total. The van der Waals surface area contributed by atoms with Gasteiger partial charge >= 0.3 is 0 Å². The lowest BCUT2D eigenvalue weighted by molar-refractivity contribution is -0.116. The molecule has 1 aromatic carbocycles. The summed E-state index contributed by atoms with van der Waals surface area (Å²) >= 11 is 1.37. The number of carbonyl (C=O) groups excluding carboxylic acids is 1. The minimum Gasteiger partial charge on any atom is -0.348 e. The molecule has 4 rings (SSSR count). The molecule has 2 aromatic heterocycles. The van der Waals surface area contributed by atoms with Crippen LogP contribution in [0, 0.1) is 0 Å². The van der Waals surface area contributed by atoms with E-state index in [0.717, 1.165) is 42.3 Å². The number of nitrogens with zero attached hydrogens (tertiary/aromatic N) is 4. The molecule has 1 fully saturated rings. The highest BCUT2D eigenvalue weighted by molar-refractivity contribution is 7.22. The maximum Gasteiger partial charge on any atom is 0.273 e. The van der Waals surface area contributed by atoms with Crippen molar-refractivity contribution >= 4 is 38.4 Å². The Kier molecular flexibility index (Phi) is 5.62. The van der Waals surface area contributed by atoms with E-state index in [4.69, 9.17) is 0 Å². The fraction of sp³-hybridized carbons (Fsp3) is 0.429. The number of benzene rings is 1. The number of aromatic nitrogens is 3. The molecule has 1 saturated heterocycles. The zero-order valence-corrected chi connectivity index (χ0v) is 17.5. The van der Waals surface area contributed by atoms with Crippen molar-refractivity contribution in [2.75, 3.05) is 23.3 Å². The third-order valence-corrected chi connectivity index (χ3v) is 6.24. The van der Waals surface area contributed by atoms with Crippen molar-refractivity contribution in [2.24, 2.45) is 0 Å². The number of anilines is 2. The molecular formula is C21H25N5O2S. The lowest BCUT2D eigenvalue weighted by atomic mass is 10.0. The molecule has 0 atom stereocenters. The molecule has 0 bridgehead atoms.